The third-order valence-electron chi connectivity index (χ3n) is 7.94. The van der Waals surface area contributed by atoms with Gasteiger partial charge in [0, 0.05) is 64.1 Å². The lowest BCUT2D eigenvalue weighted by Gasteiger charge is -2.41. The fourth-order valence-electron chi connectivity index (χ4n) is 5.87. The molecule has 0 amide bonds. The first-order valence-corrected chi connectivity index (χ1v) is 14.8. The highest BCUT2D eigenvalue weighted by atomic mass is 32.2. The number of aryl methyl sites for hydroxylation is 1. The van der Waals surface area contributed by atoms with Gasteiger partial charge >= 0.3 is 0 Å². The number of rotatable bonds is 3. The highest BCUT2D eigenvalue weighted by Crippen LogP contribution is 2.41. The maximum absolute atomic E-state index is 11.9. The van der Waals surface area contributed by atoms with E-state index in [4.69, 9.17) is 4.74 Å². The number of sulfone groups is 1. The van der Waals surface area contributed by atoms with E-state index in [9.17, 15) is 8.42 Å². The second kappa shape index (κ2) is 9.68. The normalized spacial score (nSPS) is 22.7. The number of fused-ring (bicyclic) bond motifs is 2. The Hall–Kier alpha value is -2.63. The molecule has 0 bridgehead atoms. The summed E-state index contributed by atoms with van der Waals surface area (Å²) in [5, 5.41) is 6.97. The number of piperidine rings is 1. The summed E-state index contributed by atoms with van der Waals surface area (Å²) in [6, 6.07) is 5.08. The molecule has 0 spiro atoms. The van der Waals surface area contributed by atoms with E-state index in [1.54, 1.807) is 6.33 Å². The number of piperazine rings is 1. The summed E-state index contributed by atoms with van der Waals surface area (Å²) in [7, 11) is -2.97. The summed E-state index contributed by atoms with van der Waals surface area (Å²) in [6.07, 6.45) is 3.92. The van der Waals surface area contributed by atoms with Crippen molar-refractivity contribution in [2.75, 3.05) is 79.0 Å². The van der Waals surface area contributed by atoms with Crippen molar-refractivity contribution >= 4 is 32.8 Å². The van der Waals surface area contributed by atoms with E-state index < -0.39 is 9.84 Å². The Labute approximate surface area is 212 Å². The summed E-state index contributed by atoms with van der Waals surface area (Å²) < 4.78 is 30.1. The van der Waals surface area contributed by atoms with Gasteiger partial charge in [0.05, 0.1) is 22.8 Å². The molecule has 1 aromatic carbocycles. The van der Waals surface area contributed by atoms with Crippen LogP contribution < -0.4 is 25.2 Å². The van der Waals surface area contributed by atoms with Gasteiger partial charge in [0.15, 0.2) is 9.84 Å². The van der Waals surface area contributed by atoms with Crippen LogP contribution in [0.1, 0.15) is 24.0 Å². The zero-order valence-electron chi connectivity index (χ0n) is 20.9. The number of aromatic nitrogens is 2. The van der Waals surface area contributed by atoms with Crippen LogP contribution in [0.5, 0.6) is 5.75 Å². The zero-order valence-corrected chi connectivity index (χ0v) is 21.7. The third kappa shape index (κ3) is 4.71. The number of nitrogens with zero attached hydrogens (tertiary/aromatic N) is 5. The average molecular weight is 514 g/mol. The Morgan fingerprint density at radius 2 is 1.72 bits per heavy atom. The monoisotopic (exact) mass is 513 g/mol. The minimum absolute atomic E-state index is 0.147. The summed E-state index contributed by atoms with van der Waals surface area (Å²) in [6.45, 7) is 9.90. The van der Waals surface area contributed by atoms with Crippen LogP contribution in [-0.4, -0.2) is 93.2 Å². The quantitative estimate of drug-likeness (QED) is 0.628. The van der Waals surface area contributed by atoms with Crippen LogP contribution in [0, 0.1) is 6.92 Å². The lowest BCUT2D eigenvalue weighted by Crippen LogP contribution is -2.52. The van der Waals surface area contributed by atoms with Gasteiger partial charge in [-0.25, -0.2) is 18.4 Å². The van der Waals surface area contributed by atoms with Gasteiger partial charge < -0.3 is 25.2 Å². The summed E-state index contributed by atoms with van der Waals surface area (Å²) in [4.78, 5) is 16.2. The largest absolute Gasteiger partial charge is 0.486 e. The predicted molar refractivity (Wildman–Crippen MR) is 141 cm³/mol. The highest BCUT2D eigenvalue weighted by molar-refractivity contribution is 7.91. The fraction of sp³-hybridized carbons (Fsp3) is 0.600. The molecule has 3 fully saturated rings. The molecule has 36 heavy (non-hydrogen) atoms. The van der Waals surface area contributed by atoms with E-state index >= 15 is 0 Å². The first-order valence-electron chi connectivity index (χ1n) is 13.0. The van der Waals surface area contributed by atoms with E-state index in [2.05, 4.69) is 49.5 Å². The molecular formula is C25H35N7O3S. The minimum Gasteiger partial charge on any atom is -0.486 e. The van der Waals surface area contributed by atoms with Crippen LogP contribution in [-0.2, 0) is 16.4 Å². The van der Waals surface area contributed by atoms with Crippen LogP contribution in [0.25, 0.3) is 0 Å². The molecule has 194 valence electrons. The highest BCUT2D eigenvalue weighted by Gasteiger charge is 2.29. The number of nitrogens with one attached hydrogen (secondary N) is 2. The van der Waals surface area contributed by atoms with Crippen LogP contribution in [0.2, 0.25) is 0 Å². The van der Waals surface area contributed by atoms with Crippen molar-refractivity contribution in [3.05, 3.63) is 29.6 Å². The Morgan fingerprint density at radius 3 is 2.47 bits per heavy atom. The first-order chi connectivity index (χ1) is 17.5. The number of anilines is 4. The van der Waals surface area contributed by atoms with E-state index in [1.807, 2.05) is 4.90 Å². The van der Waals surface area contributed by atoms with Gasteiger partial charge in [0.2, 0.25) is 0 Å². The smallest absolute Gasteiger partial charge is 0.153 e. The number of benzene rings is 1. The maximum Gasteiger partial charge on any atom is 0.153 e. The summed E-state index contributed by atoms with van der Waals surface area (Å²) in [5.74, 6) is 2.60. The van der Waals surface area contributed by atoms with E-state index in [1.165, 1.54) is 18.5 Å². The second-order valence-electron chi connectivity index (χ2n) is 10.2. The molecule has 10 nitrogen and oxygen atoms in total. The molecule has 4 aliphatic heterocycles. The standard InChI is InChI=1S/C25H35N7O3S/c1-18-14-20(30-6-2-19(3-7-30)31-8-4-26-5-9-31)15-22-23(18)35-16-21-24(29-22)27-17-28-25(21)32-10-12-36(33,34)13-11-32/h14-15,17,19,26H,2-13,16H2,1H3,(H,27,28,29). The van der Waals surface area contributed by atoms with Crippen molar-refractivity contribution in [1.82, 2.24) is 20.2 Å². The Balaban J connectivity index is 1.21. The molecule has 1 aromatic heterocycles. The second-order valence-corrected chi connectivity index (χ2v) is 12.5. The van der Waals surface area contributed by atoms with Gasteiger partial charge in [-0.3, -0.25) is 4.90 Å². The van der Waals surface area contributed by atoms with Crippen molar-refractivity contribution in [3.8, 4) is 5.75 Å². The van der Waals surface area contributed by atoms with Gasteiger partial charge in [-0.2, -0.15) is 0 Å². The SMILES string of the molecule is Cc1cc(N2CCC(N3CCNCC3)CC2)cc2c1OCc1c(ncnc1N1CCS(=O)(=O)CC1)N2. The Bertz CT molecular complexity index is 1210. The van der Waals surface area contributed by atoms with E-state index in [0.717, 1.165) is 73.5 Å². The molecule has 3 saturated heterocycles. The summed E-state index contributed by atoms with van der Waals surface area (Å²) >= 11 is 0. The van der Waals surface area contributed by atoms with Crippen molar-refractivity contribution in [3.63, 3.8) is 0 Å². The minimum atomic E-state index is -2.97. The van der Waals surface area contributed by atoms with Crippen molar-refractivity contribution in [2.24, 2.45) is 0 Å². The molecule has 6 rings (SSSR count). The Morgan fingerprint density at radius 1 is 0.972 bits per heavy atom. The number of hydrogen-bond donors (Lipinski definition) is 2. The van der Waals surface area contributed by atoms with Gasteiger partial charge in [0.1, 0.15) is 30.3 Å². The molecule has 5 heterocycles. The molecule has 2 N–H and O–H groups in total. The number of ether oxygens (including phenoxy) is 1. The molecule has 0 saturated carbocycles. The van der Waals surface area contributed by atoms with Crippen LogP contribution in [0.15, 0.2) is 18.5 Å². The van der Waals surface area contributed by atoms with Crippen molar-refractivity contribution < 1.29 is 13.2 Å². The summed E-state index contributed by atoms with van der Waals surface area (Å²) in [5.41, 5.74) is 4.08. The van der Waals surface area contributed by atoms with Gasteiger partial charge in [-0.1, -0.05) is 0 Å². The lowest BCUT2D eigenvalue weighted by molar-refractivity contribution is 0.150. The van der Waals surface area contributed by atoms with Gasteiger partial charge in [-0.15, -0.1) is 0 Å². The van der Waals surface area contributed by atoms with Gasteiger partial charge in [-0.05, 0) is 37.5 Å². The molecule has 11 heteroatoms. The topological polar surface area (TPSA) is 103 Å². The molecule has 0 unspecified atom stereocenters. The predicted octanol–water partition coefficient (Wildman–Crippen LogP) is 1.53. The number of hydrogen-bond acceptors (Lipinski definition) is 10. The van der Waals surface area contributed by atoms with Crippen molar-refractivity contribution in [2.45, 2.75) is 32.4 Å². The lowest BCUT2D eigenvalue weighted by atomic mass is 10.0. The molecule has 0 aliphatic carbocycles. The van der Waals surface area contributed by atoms with Crippen LogP contribution in [0.3, 0.4) is 0 Å². The first kappa shape index (κ1) is 23.7. The average Bonchev–Trinajstić information content (AvgIpc) is 3.09. The van der Waals surface area contributed by atoms with Crippen LogP contribution >= 0.6 is 0 Å². The molecule has 0 radical (unpaired) electrons. The molecule has 2 aromatic rings. The van der Waals surface area contributed by atoms with Crippen molar-refractivity contribution in [1.29, 1.82) is 0 Å². The zero-order chi connectivity index (χ0) is 24.7. The fourth-order valence-corrected chi connectivity index (χ4v) is 7.07. The maximum atomic E-state index is 11.9. The van der Waals surface area contributed by atoms with Crippen LogP contribution in [0.4, 0.5) is 23.0 Å². The Kier molecular flexibility index (Phi) is 6.38. The third-order valence-corrected chi connectivity index (χ3v) is 9.55. The van der Waals surface area contributed by atoms with E-state index in [0.29, 0.717) is 25.7 Å². The molecular weight excluding hydrogens is 478 g/mol. The van der Waals surface area contributed by atoms with Gasteiger partial charge in [0.25, 0.3) is 0 Å². The molecule has 4 aliphatic rings. The molecule has 0 atom stereocenters. The van der Waals surface area contributed by atoms with E-state index in [-0.39, 0.29) is 11.5 Å².